The van der Waals surface area contributed by atoms with Gasteiger partial charge in [-0.2, -0.15) is 0 Å². The number of hydrogen-bond donors (Lipinski definition) is 2. The molecule has 1 rings (SSSR count). The molecule has 0 fully saturated rings. The van der Waals surface area contributed by atoms with E-state index in [2.05, 4.69) is 5.32 Å². The van der Waals surface area contributed by atoms with Crippen LogP contribution in [-0.2, 0) is 35.1 Å². The molecule has 1 aromatic rings. The molecule has 3 N–H and O–H groups in total. The minimum atomic E-state index is -1.58. The summed E-state index contributed by atoms with van der Waals surface area (Å²) in [5, 5.41) is 2.21. The SMILES string of the molecule is CCOC(=O)C[C@H](C(=O)OCC)[C@H](NC(=O)Cc1ccc(F)cc1F)C(N)=O. The van der Waals surface area contributed by atoms with E-state index in [-0.39, 0.29) is 18.8 Å². The lowest BCUT2D eigenvalue weighted by Crippen LogP contribution is -2.52. The van der Waals surface area contributed by atoms with Crippen molar-refractivity contribution in [3.8, 4) is 0 Å². The molecule has 8 nitrogen and oxygen atoms in total. The lowest BCUT2D eigenvalue weighted by Gasteiger charge is -2.23. The van der Waals surface area contributed by atoms with E-state index in [4.69, 9.17) is 15.2 Å². The fourth-order valence-corrected chi connectivity index (χ4v) is 2.42. The second kappa shape index (κ2) is 11.0. The van der Waals surface area contributed by atoms with E-state index in [9.17, 15) is 28.0 Å². The molecule has 2 atom stereocenters. The van der Waals surface area contributed by atoms with E-state index in [1.165, 1.54) is 6.92 Å². The minimum absolute atomic E-state index is 0.0294. The van der Waals surface area contributed by atoms with Gasteiger partial charge >= 0.3 is 11.9 Å². The molecule has 0 saturated carbocycles. The van der Waals surface area contributed by atoms with Crippen molar-refractivity contribution in [3.63, 3.8) is 0 Å². The van der Waals surface area contributed by atoms with Crippen molar-refractivity contribution in [2.45, 2.75) is 32.7 Å². The Kier molecular flexibility index (Phi) is 9.00. The number of carbonyl (C=O) groups excluding carboxylic acids is 4. The van der Waals surface area contributed by atoms with Crippen molar-refractivity contribution in [1.29, 1.82) is 0 Å². The van der Waals surface area contributed by atoms with Crippen molar-refractivity contribution in [2.75, 3.05) is 13.2 Å². The third kappa shape index (κ3) is 6.93. The van der Waals surface area contributed by atoms with Crippen LogP contribution in [0, 0.1) is 17.6 Å². The van der Waals surface area contributed by atoms with Gasteiger partial charge in [0.05, 0.1) is 32.0 Å². The molecule has 0 radical (unpaired) electrons. The van der Waals surface area contributed by atoms with Gasteiger partial charge in [0, 0.05) is 6.07 Å². The second-order valence-electron chi connectivity index (χ2n) is 5.73. The fraction of sp³-hybridized carbons (Fsp3) is 0.444. The highest BCUT2D eigenvalue weighted by Crippen LogP contribution is 2.15. The van der Waals surface area contributed by atoms with E-state index in [1.807, 2.05) is 0 Å². The van der Waals surface area contributed by atoms with Crippen molar-refractivity contribution in [1.82, 2.24) is 5.32 Å². The molecule has 0 saturated heterocycles. The van der Waals surface area contributed by atoms with Crippen LogP contribution in [0.5, 0.6) is 0 Å². The van der Waals surface area contributed by atoms with Crippen LogP contribution < -0.4 is 11.1 Å². The molecule has 0 spiro atoms. The topological polar surface area (TPSA) is 125 Å². The molecular formula is C18H22F2N2O6. The molecule has 0 aliphatic carbocycles. The Morgan fingerprint density at radius 3 is 2.29 bits per heavy atom. The molecule has 0 unspecified atom stereocenters. The number of amides is 2. The second-order valence-corrected chi connectivity index (χ2v) is 5.73. The number of halogens is 2. The van der Waals surface area contributed by atoms with Crippen LogP contribution in [0.2, 0.25) is 0 Å². The zero-order valence-corrected chi connectivity index (χ0v) is 15.5. The highest BCUT2D eigenvalue weighted by atomic mass is 19.1. The zero-order chi connectivity index (χ0) is 21.3. The Labute approximate surface area is 160 Å². The fourth-order valence-electron chi connectivity index (χ4n) is 2.42. The number of carbonyl (C=O) groups is 4. The average Bonchev–Trinajstić information content (AvgIpc) is 2.60. The molecule has 0 bridgehead atoms. The highest BCUT2D eigenvalue weighted by molar-refractivity contribution is 5.93. The largest absolute Gasteiger partial charge is 0.466 e. The Bertz CT molecular complexity index is 741. The standard InChI is InChI=1S/C18H22F2N2O6/c1-3-27-15(24)9-12(18(26)28-4-2)16(17(21)25)22-14(23)7-10-5-6-11(19)8-13(10)20/h5-6,8,12,16H,3-4,7,9H2,1-2H3,(H2,21,25)(H,22,23)/t12-,16-/m0/s1. The smallest absolute Gasteiger partial charge is 0.312 e. The summed E-state index contributed by atoms with van der Waals surface area (Å²) in [7, 11) is 0. The first-order valence-corrected chi connectivity index (χ1v) is 8.54. The number of primary amides is 1. The van der Waals surface area contributed by atoms with Crippen LogP contribution in [-0.4, -0.2) is 43.0 Å². The van der Waals surface area contributed by atoms with Crippen molar-refractivity contribution < 1.29 is 37.4 Å². The molecule has 0 aliphatic rings. The van der Waals surface area contributed by atoms with Gasteiger partial charge in [0.1, 0.15) is 17.7 Å². The van der Waals surface area contributed by atoms with Gasteiger partial charge in [0.15, 0.2) is 0 Å². The lowest BCUT2D eigenvalue weighted by atomic mass is 9.95. The molecule has 154 valence electrons. The molecular weight excluding hydrogens is 378 g/mol. The number of ether oxygens (including phenoxy) is 2. The summed E-state index contributed by atoms with van der Waals surface area (Å²) in [5.74, 6) is -6.83. The summed E-state index contributed by atoms with van der Waals surface area (Å²) in [6, 6.07) is 1.07. The maximum Gasteiger partial charge on any atom is 0.312 e. The van der Waals surface area contributed by atoms with Crippen molar-refractivity contribution in [3.05, 3.63) is 35.4 Å². The number of rotatable bonds is 10. The van der Waals surface area contributed by atoms with E-state index in [1.54, 1.807) is 6.92 Å². The van der Waals surface area contributed by atoms with Crippen molar-refractivity contribution in [2.24, 2.45) is 11.7 Å². The first kappa shape index (κ1) is 23.0. The quantitative estimate of drug-likeness (QED) is 0.555. The molecule has 1 aromatic carbocycles. The van der Waals surface area contributed by atoms with Gasteiger partial charge in [0.2, 0.25) is 11.8 Å². The van der Waals surface area contributed by atoms with E-state index in [0.29, 0.717) is 6.07 Å². The lowest BCUT2D eigenvalue weighted by molar-refractivity contribution is -0.157. The maximum absolute atomic E-state index is 13.7. The predicted octanol–water partition coefficient (Wildman–Crippen LogP) is 0.610. The van der Waals surface area contributed by atoms with Gasteiger partial charge in [-0.25, -0.2) is 8.78 Å². The maximum atomic E-state index is 13.7. The molecule has 10 heteroatoms. The normalized spacial score (nSPS) is 12.6. The van der Waals surface area contributed by atoms with Gasteiger partial charge in [-0.3, -0.25) is 19.2 Å². The summed E-state index contributed by atoms with van der Waals surface area (Å²) in [5.41, 5.74) is 5.15. The molecule has 28 heavy (non-hydrogen) atoms. The third-order valence-electron chi connectivity index (χ3n) is 3.67. The van der Waals surface area contributed by atoms with Gasteiger partial charge in [-0.1, -0.05) is 6.07 Å². The first-order valence-electron chi connectivity index (χ1n) is 8.54. The number of hydrogen-bond acceptors (Lipinski definition) is 6. The summed E-state index contributed by atoms with van der Waals surface area (Å²) in [6.45, 7) is 3.10. The van der Waals surface area contributed by atoms with Gasteiger partial charge < -0.3 is 20.5 Å². The summed E-state index contributed by atoms with van der Waals surface area (Å²) >= 11 is 0. The van der Waals surface area contributed by atoms with Crippen LogP contribution in [0.3, 0.4) is 0 Å². The zero-order valence-electron chi connectivity index (χ0n) is 15.5. The number of esters is 2. The molecule has 0 aromatic heterocycles. The van der Waals surface area contributed by atoms with E-state index < -0.39 is 60.2 Å². The van der Waals surface area contributed by atoms with Crippen molar-refractivity contribution >= 4 is 23.8 Å². The molecule has 2 amide bonds. The predicted molar refractivity (Wildman–Crippen MR) is 92.6 cm³/mol. The van der Waals surface area contributed by atoms with Crippen LogP contribution >= 0.6 is 0 Å². The van der Waals surface area contributed by atoms with Crippen LogP contribution in [0.25, 0.3) is 0 Å². The summed E-state index contributed by atoms with van der Waals surface area (Å²) in [4.78, 5) is 48.0. The minimum Gasteiger partial charge on any atom is -0.466 e. The van der Waals surface area contributed by atoms with Crippen LogP contribution in [0.4, 0.5) is 8.78 Å². The first-order chi connectivity index (χ1) is 13.2. The van der Waals surface area contributed by atoms with Crippen LogP contribution in [0.1, 0.15) is 25.8 Å². The average molecular weight is 400 g/mol. The number of nitrogens with two attached hydrogens (primary N) is 1. The van der Waals surface area contributed by atoms with Gasteiger partial charge in [0.25, 0.3) is 0 Å². The van der Waals surface area contributed by atoms with Crippen LogP contribution in [0.15, 0.2) is 18.2 Å². The highest BCUT2D eigenvalue weighted by Gasteiger charge is 2.37. The number of nitrogens with one attached hydrogen (secondary N) is 1. The van der Waals surface area contributed by atoms with Gasteiger partial charge in [-0.15, -0.1) is 0 Å². The Morgan fingerprint density at radius 1 is 1.11 bits per heavy atom. The molecule has 0 heterocycles. The summed E-state index contributed by atoms with van der Waals surface area (Å²) in [6.07, 6.45) is -1.09. The number of benzene rings is 1. The van der Waals surface area contributed by atoms with E-state index in [0.717, 1.165) is 12.1 Å². The Balaban J connectivity index is 2.98. The monoisotopic (exact) mass is 400 g/mol. The Hall–Kier alpha value is -3.04. The Morgan fingerprint density at radius 2 is 1.75 bits per heavy atom. The molecule has 0 aliphatic heterocycles. The van der Waals surface area contributed by atoms with E-state index >= 15 is 0 Å². The third-order valence-corrected chi connectivity index (χ3v) is 3.67. The summed E-state index contributed by atoms with van der Waals surface area (Å²) < 4.78 is 36.3. The van der Waals surface area contributed by atoms with Gasteiger partial charge in [-0.05, 0) is 25.5 Å².